The molecule has 1 atom stereocenters. The van der Waals surface area contributed by atoms with Gasteiger partial charge in [-0.1, -0.05) is 0 Å². The molecule has 1 N–H and O–H groups in total. The Kier molecular flexibility index (Phi) is 6.21. The molecule has 1 fully saturated rings. The maximum absolute atomic E-state index is 11.5. The van der Waals surface area contributed by atoms with E-state index < -0.39 is 0 Å². The highest BCUT2D eigenvalue weighted by molar-refractivity contribution is 7.99. The van der Waals surface area contributed by atoms with Crippen LogP contribution in [0.15, 0.2) is 0 Å². The van der Waals surface area contributed by atoms with E-state index in [-0.39, 0.29) is 5.91 Å². The van der Waals surface area contributed by atoms with Crippen molar-refractivity contribution in [3.05, 3.63) is 0 Å². The molecule has 3 nitrogen and oxygen atoms in total. The lowest BCUT2D eigenvalue weighted by Crippen LogP contribution is -2.36. The number of carbonyl (C=O) groups is 1. The van der Waals surface area contributed by atoms with Crippen LogP contribution in [0.4, 0.5) is 0 Å². The van der Waals surface area contributed by atoms with Crippen molar-refractivity contribution >= 4 is 17.7 Å². The minimum absolute atomic E-state index is 0.208. The molecule has 0 spiro atoms. The lowest BCUT2D eigenvalue weighted by atomic mass is 10.0. The van der Waals surface area contributed by atoms with Crippen LogP contribution in [0.1, 0.15) is 26.2 Å². The van der Waals surface area contributed by atoms with E-state index in [4.69, 9.17) is 0 Å². The zero-order valence-electron chi connectivity index (χ0n) is 10.7. The largest absolute Gasteiger partial charge is 0.349 e. The Labute approximate surface area is 103 Å². The van der Waals surface area contributed by atoms with Gasteiger partial charge in [0.2, 0.25) is 5.91 Å². The maximum atomic E-state index is 11.5. The first-order valence-electron chi connectivity index (χ1n) is 6.11. The quantitative estimate of drug-likeness (QED) is 0.797. The molecule has 0 bridgehead atoms. The molecule has 0 aliphatic carbocycles. The van der Waals surface area contributed by atoms with E-state index in [1.165, 1.54) is 24.3 Å². The lowest BCUT2D eigenvalue weighted by Gasteiger charge is -2.24. The molecule has 1 heterocycles. The number of nitrogens with one attached hydrogen (secondary N) is 1. The zero-order chi connectivity index (χ0) is 12.0. The number of carbonyl (C=O) groups excluding carboxylic acids is 1. The van der Waals surface area contributed by atoms with Crippen LogP contribution in [0.25, 0.3) is 0 Å². The number of hydrogen-bond donors (Lipinski definition) is 1. The van der Waals surface area contributed by atoms with Crippen molar-refractivity contribution in [1.82, 2.24) is 10.2 Å². The van der Waals surface area contributed by atoms with Crippen molar-refractivity contribution in [3.63, 3.8) is 0 Å². The molecular weight excluding hydrogens is 220 g/mol. The van der Waals surface area contributed by atoms with Crippen molar-refractivity contribution < 1.29 is 4.79 Å². The smallest absolute Gasteiger partial charge is 0.223 e. The number of thioether (sulfide) groups is 1. The summed E-state index contributed by atoms with van der Waals surface area (Å²) in [5.41, 5.74) is 0. The molecule has 1 aliphatic heterocycles. The minimum Gasteiger partial charge on any atom is -0.349 e. The fraction of sp³-hybridized carbons (Fsp3) is 0.917. The fourth-order valence-electron chi connectivity index (χ4n) is 1.84. The first-order valence-corrected chi connectivity index (χ1v) is 7.26. The summed E-state index contributed by atoms with van der Waals surface area (Å²) < 4.78 is 0. The van der Waals surface area contributed by atoms with Crippen LogP contribution in [0.3, 0.4) is 0 Å². The Morgan fingerprint density at radius 3 is 2.62 bits per heavy atom. The molecule has 1 saturated heterocycles. The monoisotopic (exact) mass is 244 g/mol. The molecular formula is C12H24N2OS. The van der Waals surface area contributed by atoms with Crippen molar-refractivity contribution in [3.8, 4) is 0 Å². The summed E-state index contributed by atoms with van der Waals surface area (Å²) in [6, 6.07) is 0.296. The van der Waals surface area contributed by atoms with Gasteiger partial charge in [0.25, 0.3) is 0 Å². The van der Waals surface area contributed by atoms with Crippen LogP contribution in [0.5, 0.6) is 0 Å². The van der Waals surface area contributed by atoms with E-state index in [0.717, 1.165) is 12.5 Å². The van der Waals surface area contributed by atoms with Gasteiger partial charge < -0.3 is 10.2 Å². The summed E-state index contributed by atoms with van der Waals surface area (Å²) >= 11 is 2.06. The van der Waals surface area contributed by atoms with Gasteiger partial charge >= 0.3 is 0 Å². The summed E-state index contributed by atoms with van der Waals surface area (Å²) in [5.74, 6) is 3.63. The van der Waals surface area contributed by atoms with Crippen LogP contribution < -0.4 is 5.32 Å². The highest BCUT2D eigenvalue weighted by Crippen LogP contribution is 2.21. The van der Waals surface area contributed by atoms with Crippen LogP contribution >= 0.6 is 11.8 Å². The third kappa shape index (κ3) is 5.21. The van der Waals surface area contributed by atoms with Gasteiger partial charge in [-0.3, -0.25) is 4.79 Å². The van der Waals surface area contributed by atoms with Crippen molar-refractivity contribution in [2.45, 2.75) is 32.2 Å². The molecule has 4 heteroatoms. The fourth-order valence-corrected chi connectivity index (χ4v) is 3.04. The summed E-state index contributed by atoms with van der Waals surface area (Å²) in [6.07, 6.45) is 3.26. The van der Waals surface area contributed by atoms with E-state index in [0.29, 0.717) is 12.5 Å². The number of amides is 1. The average Bonchev–Trinajstić information content (AvgIpc) is 2.27. The van der Waals surface area contributed by atoms with Gasteiger partial charge in [-0.15, -0.1) is 0 Å². The Morgan fingerprint density at radius 1 is 1.44 bits per heavy atom. The van der Waals surface area contributed by atoms with Gasteiger partial charge in [0, 0.05) is 26.6 Å². The summed E-state index contributed by atoms with van der Waals surface area (Å²) in [4.78, 5) is 13.1. The summed E-state index contributed by atoms with van der Waals surface area (Å²) in [7, 11) is 3.63. The Hall–Kier alpha value is -0.220. The summed E-state index contributed by atoms with van der Waals surface area (Å²) in [6.45, 7) is 3.17. The second-order valence-electron chi connectivity index (χ2n) is 4.86. The molecule has 1 amide bonds. The van der Waals surface area contributed by atoms with E-state index in [1.54, 1.807) is 4.90 Å². The van der Waals surface area contributed by atoms with Crippen molar-refractivity contribution in [2.75, 3.05) is 32.1 Å². The Balaban J connectivity index is 2.13. The molecule has 0 radical (unpaired) electrons. The predicted octanol–water partition coefficient (Wildman–Crippen LogP) is 1.59. The van der Waals surface area contributed by atoms with E-state index in [9.17, 15) is 4.79 Å². The van der Waals surface area contributed by atoms with E-state index in [1.807, 2.05) is 14.1 Å². The molecule has 0 aromatic heterocycles. The molecule has 1 aliphatic rings. The highest BCUT2D eigenvalue weighted by atomic mass is 32.2. The molecule has 16 heavy (non-hydrogen) atoms. The third-order valence-electron chi connectivity index (χ3n) is 3.08. The van der Waals surface area contributed by atoms with Crippen molar-refractivity contribution in [2.24, 2.45) is 5.92 Å². The van der Waals surface area contributed by atoms with Gasteiger partial charge in [-0.25, -0.2) is 0 Å². The molecule has 1 unspecified atom stereocenters. The lowest BCUT2D eigenvalue weighted by molar-refractivity contribution is -0.129. The normalized spacial score (nSPS) is 19.4. The molecule has 0 saturated carbocycles. The van der Waals surface area contributed by atoms with Gasteiger partial charge in [0.15, 0.2) is 0 Å². The van der Waals surface area contributed by atoms with Crippen LogP contribution in [-0.4, -0.2) is 49.0 Å². The molecule has 0 aromatic carbocycles. The van der Waals surface area contributed by atoms with E-state index in [2.05, 4.69) is 24.0 Å². The van der Waals surface area contributed by atoms with Gasteiger partial charge in [-0.05, 0) is 43.7 Å². The third-order valence-corrected chi connectivity index (χ3v) is 4.12. The molecule has 1 rings (SSSR count). The maximum Gasteiger partial charge on any atom is 0.223 e. The number of rotatable bonds is 5. The average molecular weight is 244 g/mol. The van der Waals surface area contributed by atoms with Crippen LogP contribution in [0.2, 0.25) is 0 Å². The first kappa shape index (κ1) is 13.8. The van der Waals surface area contributed by atoms with Gasteiger partial charge in [0.1, 0.15) is 0 Å². The topological polar surface area (TPSA) is 32.3 Å². The van der Waals surface area contributed by atoms with Gasteiger partial charge in [0.05, 0.1) is 0 Å². The SMILES string of the molecule is CC(CC(=O)N(C)C)NCC1CCSCC1. The number of hydrogen-bond acceptors (Lipinski definition) is 3. The zero-order valence-corrected chi connectivity index (χ0v) is 11.5. The minimum atomic E-state index is 0.208. The predicted molar refractivity (Wildman–Crippen MR) is 70.8 cm³/mol. The van der Waals surface area contributed by atoms with E-state index >= 15 is 0 Å². The summed E-state index contributed by atoms with van der Waals surface area (Å²) in [5, 5.41) is 3.48. The number of nitrogens with zero attached hydrogens (tertiary/aromatic N) is 1. The van der Waals surface area contributed by atoms with Crippen LogP contribution in [-0.2, 0) is 4.79 Å². The highest BCUT2D eigenvalue weighted by Gasteiger charge is 2.15. The van der Waals surface area contributed by atoms with Gasteiger partial charge in [-0.2, -0.15) is 11.8 Å². The molecule has 0 aromatic rings. The van der Waals surface area contributed by atoms with Crippen LogP contribution in [0, 0.1) is 5.92 Å². The Morgan fingerprint density at radius 2 is 2.06 bits per heavy atom. The standard InChI is InChI=1S/C12H24N2OS/c1-10(8-12(15)14(2)3)13-9-11-4-6-16-7-5-11/h10-11,13H,4-9H2,1-3H3. The Bertz CT molecular complexity index is 215. The van der Waals surface area contributed by atoms with Crippen molar-refractivity contribution in [1.29, 1.82) is 0 Å². The second-order valence-corrected chi connectivity index (χ2v) is 6.08. The first-order chi connectivity index (χ1) is 7.59. The molecule has 94 valence electrons. The second kappa shape index (κ2) is 7.17.